The van der Waals surface area contributed by atoms with Crippen LogP contribution in [0.2, 0.25) is 5.02 Å². The van der Waals surface area contributed by atoms with E-state index in [2.05, 4.69) is 37.1 Å². The summed E-state index contributed by atoms with van der Waals surface area (Å²) in [5.41, 5.74) is 0.947. The van der Waals surface area contributed by atoms with E-state index in [1.54, 1.807) is 0 Å². The third-order valence-electron chi connectivity index (χ3n) is 1.02. The SMILES string of the molecule is C[CH2][Zn+].S=C([S-])Nc1ccccc1. The standard InChI is InChI=1S/C7H7NS2.C2H5.Zn/c9-7(10)8-6-4-2-1-3-5-6;1-2;/h1-5H,(H2,8,9,10);1H2,2H3;/q;;+1/p-1. The van der Waals surface area contributed by atoms with E-state index in [1.165, 1.54) is 23.3 Å². The zero-order valence-corrected chi connectivity index (χ0v) is 12.2. The van der Waals surface area contributed by atoms with Crippen LogP contribution in [-0.2, 0) is 30.9 Å². The Labute approximate surface area is 100 Å². The summed E-state index contributed by atoms with van der Waals surface area (Å²) in [5, 5.41) is 4.23. The number of rotatable bonds is 1. The van der Waals surface area contributed by atoms with Crippen molar-refractivity contribution >= 4 is 34.9 Å². The van der Waals surface area contributed by atoms with Gasteiger partial charge in [0.2, 0.25) is 0 Å². The molecule has 0 saturated carbocycles. The molecule has 1 nitrogen and oxygen atoms in total. The molecule has 0 aliphatic heterocycles. The molecule has 4 heteroatoms. The smallest absolute Gasteiger partial charge is 0.0371 e. The predicted molar refractivity (Wildman–Crippen MR) is 60.5 cm³/mol. The summed E-state index contributed by atoms with van der Waals surface area (Å²) in [6.07, 6.45) is 0. The zero-order chi connectivity index (χ0) is 10.1. The van der Waals surface area contributed by atoms with E-state index in [0.717, 1.165) is 5.69 Å². The Morgan fingerprint density at radius 1 is 1.46 bits per heavy atom. The molecule has 1 aromatic rings. The molecule has 1 N–H and O–H groups in total. The maximum atomic E-state index is 4.68. The van der Waals surface area contributed by atoms with Crippen molar-refractivity contribution in [3.8, 4) is 0 Å². The molecule has 0 fully saturated rings. The molecular formula is C9H11NS2Zn. The van der Waals surface area contributed by atoms with Gasteiger partial charge in [-0.15, -0.1) is 0 Å². The molecule has 66 valence electrons. The van der Waals surface area contributed by atoms with E-state index in [1.807, 2.05) is 30.3 Å². The van der Waals surface area contributed by atoms with Crippen molar-refractivity contribution in [3.63, 3.8) is 0 Å². The molecule has 0 aromatic heterocycles. The number of nitrogens with one attached hydrogen (secondary N) is 1. The Balaban J connectivity index is 0.000000424. The monoisotopic (exact) mass is 261 g/mol. The van der Waals surface area contributed by atoms with Gasteiger partial charge in [0, 0.05) is 5.69 Å². The molecule has 1 aromatic carbocycles. The Morgan fingerprint density at radius 3 is 2.31 bits per heavy atom. The summed E-state index contributed by atoms with van der Waals surface area (Å²) in [6, 6.07) is 9.63. The Kier molecular flexibility index (Phi) is 8.52. The van der Waals surface area contributed by atoms with Gasteiger partial charge in [-0.2, -0.15) is 0 Å². The molecular weight excluding hydrogens is 252 g/mol. The third-order valence-corrected chi connectivity index (χ3v) is 1.22. The minimum absolute atomic E-state index is 0.381. The average Bonchev–Trinajstić information content (AvgIpc) is 2.06. The number of hydrogen-bond acceptors (Lipinski definition) is 2. The average molecular weight is 263 g/mol. The molecule has 0 saturated heterocycles. The number of hydrogen-bond donors (Lipinski definition) is 1. The van der Waals surface area contributed by atoms with Gasteiger partial charge in [-0.3, -0.25) is 0 Å². The number of para-hydroxylation sites is 1. The molecule has 1 rings (SSSR count). The second-order valence-corrected chi connectivity index (χ2v) is 5.45. The summed E-state index contributed by atoms with van der Waals surface area (Å²) in [4.78, 5) is 0. The molecule has 0 amide bonds. The van der Waals surface area contributed by atoms with Crippen LogP contribution in [0.4, 0.5) is 5.69 Å². The first-order valence-corrected chi connectivity index (χ1v) is 6.94. The summed E-state index contributed by atoms with van der Waals surface area (Å²) >= 11 is 10.8. The fourth-order valence-electron chi connectivity index (χ4n) is 0.639. The van der Waals surface area contributed by atoms with Crippen LogP contribution in [0, 0.1) is 0 Å². The fraction of sp³-hybridized carbons (Fsp3) is 0.222. The molecule has 0 spiro atoms. The molecule has 0 radical (unpaired) electrons. The minimum Gasteiger partial charge on any atom is -0.411 e. The Bertz CT molecular complexity index is 239. The number of anilines is 1. The second-order valence-electron chi connectivity index (χ2n) is 2.28. The van der Waals surface area contributed by atoms with Crippen LogP contribution < -0.4 is 5.32 Å². The van der Waals surface area contributed by atoms with Gasteiger partial charge in [-0.1, -0.05) is 22.5 Å². The van der Waals surface area contributed by atoms with Crippen molar-refractivity contribution in [2.24, 2.45) is 0 Å². The Hall–Kier alpha value is -0.0466. The summed E-state index contributed by atoms with van der Waals surface area (Å²) < 4.78 is 0.381. The van der Waals surface area contributed by atoms with Crippen LogP contribution in [0.3, 0.4) is 0 Å². The van der Waals surface area contributed by atoms with Crippen LogP contribution in [0.1, 0.15) is 6.92 Å². The first-order chi connectivity index (χ1) is 6.20. The first-order valence-electron chi connectivity index (χ1n) is 4.03. The van der Waals surface area contributed by atoms with Crippen molar-refractivity contribution < 1.29 is 18.3 Å². The number of thiocarbonyl (C=S) groups is 1. The molecule has 0 aliphatic rings. The van der Waals surface area contributed by atoms with Crippen LogP contribution in [0.15, 0.2) is 30.3 Å². The molecule has 0 bridgehead atoms. The summed E-state index contributed by atoms with van der Waals surface area (Å²) in [7, 11) is 0. The molecule has 0 aliphatic carbocycles. The zero-order valence-electron chi connectivity index (χ0n) is 7.62. The van der Waals surface area contributed by atoms with Crippen LogP contribution in [0.25, 0.3) is 0 Å². The van der Waals surface area contributed by atoms with E-state index < -0.39 is 0 Å². The second kappa shape index (κ2) is 8.55. The van der Waals surface area contributed by atoms with Gasteiger partial charge in [0.25, 0.3) is 0 Å². The third kappa shape index (κ3) is 8.29. The van der Waals surface area contributed by atoms with Crippen molar-refractivity contribution in [1.29, 1.82) is 0 Å². The molecule has 0 heterocycles. The van der Waals surface area contributed by atoms with Crippen LogP contribution >= 0.6 is 12.2 Å². The van der Waals surface area contributed by atoms with E-state index in [-0.39, 0.29) is 0 Å². The largest absolute Gasteiger partial charge is 0.411 e. The van der Waals surface area contributed by atoms with E-state index in [4.69, 9.17) is 0 Å². The van der Waals surface area contributed by atoms with E-state index >= 15 is 0 Å². The van der Waals surface area contributed by atoms with E-state index in [9.17, 15) is 0 Å². The normalized spacial score (nSPS) is 8.23. The van der Waals surface area contributed by atoms with Crippen molar-refractivity contribution in [3.05, 3.63) is 30.3 Å². The van der Waals surface area contributed by atoms with Gasteiger partial charge in [0.05, 0.1) is 0 Å². The maximum Gasteiger partial charge on any atom is 0.0371 e. The molecule has 13 heavy (non-hydrogen) atoms. The molecule has 0 atom stereocenters. The quantitative estimate of drug-likeness (QED) is 0.475. The summed E-state index contributed by atoms with van der Waals surface area (Å²) in [6.45, 7) is 2.18. The van der Waals surface area contributed by atoms with Gasteiger partial charge in [-0.05, 0) is 12.1 Å². The van der Waals surface area contributed by atoms with Gasteiger partial charge in [-0.25, -0.2) is 0 Å². The van der Waals surface area contributed by atoms with Crippen LogP contribution in [0.5, 0.6) is 0 Å². The van der Waals surface area contributed by atoms with Gasteiger partial charge in [0.1, 0.15) is 0 Å². The van der Waals surface area contributed by atoms with Gasteiger partial charge < -0.3 is 30.2 Å². The van der Waals surface area contributed by atoms with Gasteiger partial charge >= 0.3 is 30.2 Å². The van der Waals surface area contributed by atoms with Crippen LogP contribution in [-0.4, -0.2) is 4.32 Å². The topological polar surface area (TPSA) is 12.0 Å². The van der Waals surface area contributed by atoms with Gasteiger partial charge in [0.15, 0.2) is 0 Å². The fourth-order valence-corrected chi connectivity index (χ4v) is 0.875. The van der Waals surface area contributed by atoms with Crippen molar-refractivity contribution in [1.82, 2.24) is 0 Å². The minimum atomic E-state index is 0.381. The van der Waals surface area contributed by atoms with Crippen molar-refractivity contribution in [2.75, 3.05) is 5.32 Å². The Morgan fingerprint density at radius 2 is 1.92 bits per heavy atom. The maximum absolute atomic E-state index is 4.68. The molecule has 0 unspecified atom stereocenters. The van der Waals surface area contributed by atoms with Crippen molar-refractivity contribution in [2.45, 2.75) is 11.9 Å². The predicted octanol–water partition coefficient (Wildman–Crippen LogP) is 2.90. The van der Waals surface area contributed by atoms with E-state index in [0.29, 0.717) is 4.32 Å². The summed E-state index contributed by atoms with van der Waals surface area (Å²) in [5.74, 6) is 0. The first kappa shape index (κ1) is 13.0. The number of benzene rings is 1.